The lowest BCUT2D eigenvalue weighted by atomic mass is 10.2. The van der Waals surface area contributed by atoms with Crippen LogP contribution in [-0.4, -0.2) is 30.3 Å². The Kier molecular flexibility index (Phi) is 3.81. The number of nitrogen functional groups attached to an aromatic ring is 1. The van der Waals surface area contributed by atoms with Gasteiger partial charge in [-0.25, -0.2) is 0 Å². The summed E-state index contributed by atoms with van der Waals surface area (Å²) in [6.45, 7) is 0. The number of benzene rings is 1. The van der Waals surface area contributed by atoms with Gasteiger partial charge in [-0.1, -0.05) is 11.3 Å². The summed E-state index contributed by atoms with van der Waals surface area (Å²) >= 11 is 1.09. The van der Waals surface area contributed by atoms with Gasteiger partial charge in [-0.2, -0.15) is 0 Å². The van der Waals surface area contributed by atoms with Crippen LogP contribution in [0.15, 0.2) is 18.2 Å². The fourth-order valence-electron chi connectivity index (χ4n) is 1.44. The Morgan fingerprint density at radius 3 is 2.68 bits per heavy atom. The van der Waals surface area contributed by atoms with E-state index in [1.807, 2.05) is 0 Å². The number of nitrogens with one attached hydrogen (secondary N) is 1. The van der Waals surface area contributed by atoms with E-state index in [0.717, 1.165) is 11.3 Å². The lowest BCUT2D eigenvalue weighted by molar-refractivity contribution is 0.102. The van der Waals surface area contributed by atoms with Gasteiger partial charge < -0.3 is 15.2 Å². The predicted molar refractivity (Wildman–Crippen MR) is 71.8 cm³/mol. The van der Waals surface area contributed by atoms with E-state index in [2.05, 4.69) is 15.5 Å². The molecule has 0 aliphatic carbocycles. The molecule has 0 fully saturated rings. The van der Waals surface area contributed by atoms with Gasteiger partial charge in [0.2, 0.25) is 10.3 Å². The first-order valence-electron chi connectivity index (χ1n) is 5.26. The van der Waals surface area contributed by atoms with Crippen molar-refractivity contribution in [1.82, 2.24) is 10.2 Å². The molecule has 0 saturated heterocycles. The third-order valence-electron chi connectivity index (χ3n) is 2.31. The second-order valence-electron chi connectivity index (χ2n) is 3.47. The van der Waals surface area contributed by atoms with Crippen molar-refractivity contribution in [2.45, 2.75) is 0 Å². The molecule has 0 spiro atoms. The van der Waals surface area contributed by atoms with Crippen molar-refractivity contribution in [3.63, 3.8) is 0 Å². The van der Waals surface area contributed by atoms with Gasteiger partial charge in [0.25, 0.3) is 5.91 Å². The molecule has 0 atom stereocenters. The van der Waals surface area contributed by atoms with Crippen molar-refractivity contribution < 1.29 is 14.3 Å². The molecule has 0 saturated carbocycles. The standard InChI is InChI=1S/C11H12N4O3S/c1-17-6-3-4-7(8(5-6)18-2)9(16)13-11-15-14-10(12)19-11/h3-5H,1-2H3,(H2,12,14)(H,13,15,16). The molecule has 0 unspecified atom stereocenters. The minimum Gasteiger partial charge on any atom is -0.497 e. The largest absolute Gasteiger partial charge is 0.497 e. The number of aromatic nitrogens is 2. The Balaban J connectivity index is 2.23. The van der Waals surface area contributed by atoms with E-state index < -0.39 is 0 Å². The molecule has 0 aliphatic rings. The molecule has 100 valence electrons. The number of nitrogens with zero attached hydrogens (tertiary/aromatic N) is 2. The number of ether oxygens (including phenoxy) is 2. The number of carbonyl (C=O) groups excluding carboxylic acids is 1. The summed E-state index contributed by atoms with van der Waals surface area (Å²) in [6.07, 6.45) is 0. The van der Waals surface area contributed by atoms with Gasteiger partial charge >= 0.3 is 0 Å². The summed E-state index contributed by atoms with van der Waals surface area (Å²) in [4.78, 5) is 12.1. The highest BCUT2D eigenvalue weighted by Crippen LogP contribution is 2.26. The smallest absolute Gasteiger partial charge is 0.261 e. The molecule has 0 bridgehead atoms. The van der Waals surface area contributed by atoms with Crippen molar-refractivity contribution in [2.24, 2.45) is 0 Å². The zero-order valence-corrected chi connectivity index (χ0v) is 11.2. The van der Waals surface area contributed by atoms with E-state index in [-0.39, 0.29) is 11.0 Å². The van der Waals surface area contributed by atoms with Gasteiger partial charge in [0.15, 0.2) is 0 Å². The predicted octanol–water partition coefficient (Wildman–Crippen LogP) is 1.39. The normalized spacial score (nSPS) is 10.0. The molecule has 19 heavy (non-hydrogen) atoms. The molecule has 0 aliphatic heterocycles. The second-order valence-corrected chi connectivity index (χ2v) is 4.47. The van der Waals surface area contributed by atoms with Crippen molar-refractivity contribution in [3.05, 3.63) is 23.8 Å². The third kappa shape index (κ3) is 2.91. The molecule has 8 heteroatoms. The molecule has 1 aromatic carbocycles. The maximum atomic E-state index is 12.1. The topological polar surface area (TPSA) is 99.4 Å². The van der Waals surface area contributed by atoms with E-state index >= 15 is 0 Å². The van der Waals surface area contributed by atoms with Gasteiger partial charge in [0, 0.05) is 6.07 Å². The van der Waals surface area contributed by atoms with E-state index in [9.17, 15) is 4.79 Å². The van der Waals surface area contributed by atoms with Crippen molar-refractivity contribution in [3.8, 4) is 11.5 Å². The summed E-state index contributed by atoms with van der Waals surface area (Å²) < 4.78 is 10.2. The lowest BCUT2D eigenvalue weighted by Crippen LogP contribution is -2.13. The van der Waals surface area contributed by atoms with Gasteiger partial charge in [0.1, 0.15) is 11.5 Å². The van der Waals surface area contributed by atoms with Crippen LogP contribution >= 0.6 is 11.3 Å². The first kappa shape index (κ1) is 13.1. The summed E-state index contributed by atoms with van der Waals surface area (Å²) in [5, 5.41) is 10.5. The molecule has 0 radical (unpaired) electrons. The number of amides is 1. The van der Waals surface area contributed by atoms with Crippen LogP contribution in [0.2, 0.25) is 0 Å². The number of methoxy groups -OCH3 is 2. The molecule has 1 amide bonds. The highest BCUT2D eigenvalue weighted by molar-refractivity contribution is 7.19. The van der Waals surface area contributed by atoms with Crippen molar-refractivity contribution >= 4 is 27.5 Å². The first-order valence-corrected chi connectivity index (χ1v) is 6.08. The number of hydrogen-bond donors (Lipinski definition) is 2. The molecule has 7 nitrogen and oxygen atoms in total. The van der Waals surface area contributed by atoms with Gasteiger partial charge in [-0.15, -0.1) is 10.2 Å². The second kappa shape index (κ2) is 5.53. The maximum Gasteiger partial charge on any atom is 0.261 e. The molecule has 3 N–H and O–H groups in total. The Hall–Kier alpha value is -2.35. The summed E-state index contributed by atoms with van der Waals surface area (Å²) in [5.74, 6) is 0.665. The zero-order valence-electron chi connectivity index (χ0n) is 10.3. The minimum absolute atomic E-state index is 0.289. The zero-order chi connectivity index (χ0) is 13.8. The van der Waals surface area contributed by atoms with E-state index in [1.54, 1.807) is 25.3 Å². The number of hydrogen-bond acceptors (Lipinski definition) is 7. The van der Waals surface area contributed by atoms with Crippen molar-refractivity contribution in [2.75, 3.05) is 25.3 Å². The molecule has 1 aromatic heterocycles. The molecular weight excluding hydrogens is 268 g/mol. The number of nitrogens with two attached hydrogens (primary N) is 1. The molecule has 2 rings (SSSR count). The van der Waals surface area contributed by atoms with Crippen LogP contribution in [0.1, 0.15) is 10.4 Å². The van der Waals surface area contributed by atoms with Crippen LogP contribution in [0.3, 0.4) is 0 Å². The Morgan fingerprint density at radius 1 is 1.32 bits per heavy atom. The molecule has 1 heterocycles. The summed E-state index contributed by atoms with van der Waals surface area (Å²) in [7, 11) is 3.02. The lowest BCUT2D eigenvalue weighted by Gasteiger charge is -2.09. The minimum atomic E-state index is -0.351. The quantitative estimate of drug-likeness (QED) is 0.878. The third-order valence-corrected chi connectivity index (χ3v) is 2.98. The average Bonchev–Trinajstić information content (AvgIpc) is 2.83. The van der Waals surface area contributed by atoms with E-state index in [4.69, 9.17) is 15.2 Å². The van der Waals surface area contributed by atoms with Crippen LogP contribution in [0.4, 0.5) is 10.3 Å². The molecular formula is C11H12N4O3S. The van der Waals surface area contributed by atoms with Crippen LogP contribution < -0.4 is 20.5 Å². The Morgan fingerprint density at radius 2 is 2.11 bits per heavy atom. The molecule has 2 aromatic rings. The van der Waals surface area contributed by atoms with Gasteiger partial charge in [-0.3, -0.25) is 10.1 Å². The van der Waals surface area contributed by atoms with E-state index in [1.165, 1.54) is 7.11 Å². The number of rotatable bonds is 4. The van der Waals surface area contributed by atoms with Crippen molar-refractivity contribution in [1.29, 1.82) is 0 Å². The fraction of sp³-hybridized carbons (Fsp3) is 0.182. The fourth-order valence-corrected chi connectivity index (χ4v) is 1.94. The highest BCUT2D eigenvalue weighted by Gasteiger charge is 2.15. The maximum absolute atomic E-state index is 12.1. The van der Waals surface area contributed by atoms with Crippen LogP contribution in [0.25, 0.3) is 0 Å². The monoisotopic (exact) mass is 280 g/mol. The van der Waals surface area contributed by atoms with Crippen LogP contribution in [0.5, 0.6) is 11.5 Å². The Labute approximate surface area is 113 Å². The van der Waals surface area contributed by atoms with Gasteiger partial charge in [-0.05, 0) is 12.1 Å². The number of carbonyl (C=O) groups is 1. The summed E-state index contributed by atoms with van der Waals surface area (Å²) in [6, 6.07) is 4.91. The first-order chi connectivity index (χ1) is 9.13. The SMILES string of the molecule is COc1ccc(C(=O)Nc2nnc(N)s2)c(OC)c1. The average molecular weight is 280 g/mol. The van der Waals surface area contributed by atoms with Crippen LogP contribution in [0, 0.1) is 0 Å². The van der Waals surface area contributed by atoms with Crippen LogP contribution in [-0.2, 0) is 0 Å². The Bertz CT molecular complexity index is 599. The van der Waals surface area contributed by atoms with Gasteiger partial charge in [0.05, 0.1) is 19.8 Å². The summed E-state index contributed by atoms with van der Waals surface area (Å²) in [5.41, 5.74) is 5.81. The highest BCUT2D eigenvalue weighted by atomic mass is 32.1. The number of anilines is 2. The van der Waals surface area contributed by atoms with E-state index in [0.29, 0.717) is 22.2 Å².